The van der Waals surface area contributed by atoms with E-state index in [-0.39, 0.29) is 0 Å². The first-order valence-electron chi connectivity index (χ1n) is 6.08. The molecular weight excluding hydrogens is 363 g/mol. The molecule has 0 radical (unpaired) electrons. The van der Waals surface area contributed by atoms with Crippen LogP contribution in [-0.4, -0.2) is 23.7 Å². The van der Waals surface area contributed by atoms with E-state index in [4.69, 9.17) is 27.9 Å². The number of rotatable bonds is 5. The third-order valence-electron chi connectivity index (χ3n) is 2.73. The molecule has 0 N–H and O–H groups in total. The van der Waals surface area contributed by atoms with Gasteiger partial charge in [0.15, 0.2) is 0 Å². The van der Waals surface area contributed by atoms with Crippen LogP contribution in [0.5, 0.6) is 0 Å². The molecular formula is C14H13BrCl2N2O. The second kappa shape index (κ2) is 7.36. The van der Waals surface area contributed by atoms with Gasteiger partial charge in [0.1, 0.15) is 16.1 Å². The highest BCUT2D eigenvalue weighted by atomic mass is 79.9. The molecule has 0 spiro atoms. The van der Waals surface area contributed by atoms with Crippen molar-refractivity contribution in [2.75, 3.05) is 13.7 Å². The highest BCUT2D eigenvalue weighted by molar-refractivity contribution is 9.10. The summed E-state index contributed by atoms with van der Waals surface area (Å²) >= 11 is 15.9. The van der Waals surface area contributed by atoms with Gasteiger partial charge in [-0.2, -0.15) is 0 Å². The summed E-state index contributed by atoms with van der Waals surface area (Å²) in [6.07, 6.45) is 1.52. The van der Waals surface area contributed by atoms with Gasteiger partial charge in [-0.25, -0.2) is 9.97 Å². The second-order valence-electron chi connectivity index (χ2n) is 4.20. The Labute approximate surface area is 136 Å². The Hall–Kier alpha value is -0.680. The normalized spacial score (nSPS) is 10.8. The van der Waals surface area contributed by atoms with Crippen LogP contribution in [0.2, 0.25) is 10.3 Å². The summed E-state index contributed by atoms with van der Waals surface area (Å²) in [5.74, 6) is 0.635. The van der Waals surface area contributed by atoms with E-state index in [9.17, 15) is 0 Å². The number of aryl methyl sites for hydroxylation is 1. The molecule has 1 aromatic heterocycles. The molecule has 20 heavy (non-hydrogen) atoms. The minimum Gasteiger partial charge on any atom is -0.385 e. The third-order valence-corrected chi connectivity index (χ3v) is 3.77. The Bertz CT molecular complexity index is 584. The Kier molecular flexibility index (Phi) is 5.78. The van der Waals surface area contributed by atoms with Crippen molar-refractivity contribution in [3.05, 3.63) is 44.9 Å². The molecule has 0 fully saturated rings. The average molecular weight is 376 g/mol. The fourth-order valence-corrected chi connectivity index (χ4v) is 2.86. The number of aromatic nitrogens is 2. The summed E-state index contributed by atoms with van der Waals surface area (Å²) in [5, 5.41) is 0.742. The van der Waals surface area contributed by atoms with Crippen LogP contribution in [0, 0.1) is 0 Å². The van der Waals surface area contributed by atoms with Crippen LogP contribution >= 0.6 is 39.1 Å². The van der Waals surface area contributed by atoms with Gasteiger partial charge in [-0.05, 0) is 24.1 Å². The lowest BCUT2D eigenvalue weighted by Crippen LogP contribution is -2.01. The van der Waals surface area contributed by atoms with Crippen molar-refractivity contribution in [2.45, 2.75) is 12.8 Å². The van der Waals surface area contributed by atoms with Gasteiger partial charge in [0, 0.05) is 24.6 Å². The van der Waals surface area contributed by atoms with E-state index < -0.39 is 0 Å². The van der Waals surface area contributed by atoms with Crippen LogP contribution in [0.1, 0.15) is 12.2 Å². The Balaban J connectivity index is 2.31. The molecule has 1 aromatic carbocycles. The molecule has 3 nitrogen and oxygen atoms in total. The molecule has 0 aliphatic carbocycles. The molecule has 1 heterocycles. The minimum absolute atomic E-state index is 0.371. The van der Waals surface area contributed by atoms with Crippen molar-refractivity contribution in [1.29, 1.82) is 0 Å². The number of methoxy groups -OCH3 is 1. The third kappa shape index (κ3) is 3.92. The van der Waals surface area contributed by atoms with Crippen molar-refractivity contribution in [3.8, 4) is 11.1 Å². The summed E-state index contributed by atoms with van der Waals surface area (Å²) in [6.45, 7) is 0.659. The molecule has 2 rings (SSSR count). The fraction of sp³-hybridized carbons (Fsp3) is 0.286. The van der Waals surface area contributed by atoms with Crippen LogP contribution < -0.4 is 0 Å². The fourth-order valence-electron chi connectivity index (χ4n) is 1.82. The van der Waals surface area contributed by atoms with Gasteiger partial charge in [-0.3, -0.25) is 0 Å². The molecule has 0 unspecified atom stereocenters. The number of halogens is 3. The van der Waals surface area contributed by atoms with E-state index in [1.807, 2.05) is 24.3 Å². The quantitative estimate of drug-likeness (QED) is 0.556. The van der Waals surface area contributed by atoms with Crippen LogP contribution in [0.4, 0.5) is 0 Å². The zero-order valence-electron chi connectivity index (χ0n) is 10.9. The van der Waals surface area contributed by atoms with Crippen molar-refractivity contribution in [1.82, 2.24) is 9.97 Å². The first kappa shape index (κ1) is 15.7. The average Bonchev–Trinajstić information content (AvgIpc) is 2.38. The van der Waals surface area contributed by atoms with Crippen molar-refractivity contribution < 1.29 is 4.74 Å². The monoisotopic (exact) mass is 374 g/mol. The zero-order chi connectivity index (χ0) is 14.5. The molecule has 106 valence electrons. The van der Waals surface area contributed by atoms with Crippen LogP contribution in [0.3, 0.4) is 0 Å². The molecule has 0 bridgehead atoms. The predicted molar refractivity (Wildman–Crippen MR) is 85.4 cm³/mol. The molecule has 0 atom stereocenters. The van der Waals surface area contributed by atoms with Gasteiger partial charge < -0.3 is 4.74 Å². The lowest BCUT2D eigenvalue weighted by molar-refractivity contribution is 0.194. The predicted octanol–water partition coefficient (Wildman–Crippen LogP) is 4.79. The number of hydrogen-bond donors (Lipinski definition) is 0. The highest BCUT2D eigenvalue weighted by Crippen LogP contribution is 2.33. The minimum atomic E-state index is 0.371. The molecule has 0 aliphatic heterocycles. The molecule has 0 aliphatic rings. The summed E-state index contributed by atoms with van der Waals surface area (Å²) < 4.78 is 5.95. The first-order valence-corrected chi connectivity index (χ1v) is 7.63. The number of nitrogens with zero attached hydrogens (tertiary/aromatic N) is 2. The first-order chi connectivity index (χ1) is 9.61. The van der Waals surface area contributed by atoms with Gasteiger partial charge in [0.2, 0.25) is 0 Å². The van der Waals surface area contributed by atoms with Crippen LogP contribution in [0.15, 0.2) is 28.7 Å². The Morgan fingerprint density at radius 1 is 1.20 bits per heavy atom. The van der Waals surface area contributed by atoms with E-state index >= 15 is 0 Å². The maximum absolute atomic E-state index is 6.25. The van der Waals surface area contributed by atoms with Crippen molar-refractivity contribution >= 4 is 39.1 Å². The van der Waals surface area contributed by atoms with Gasteiger partial charge in [-0.15, -0.1) is 0 Å². The van der Waals surface area contributed by atoms with Gasteiger partial charge >= 0.3 is 0 Å². The van der Waals surface area contributed by atoms with E-state index in [0.717, 1.165) is 16.5 Å². The summed E-state index contributed by atoms with van der Waals surface area (Å²) in [4.78, 5) is 8.62. The van der Waals surface area contributed by atoms with Crippen LogP contribution in [-0.2, 0) is 11.2 Å². The molecule has 0 saturated heterocycles. The standard InChI is InChI=1S/C14H13BrCl2N2O/c1-20-7-3-6-11-18-13(16)12(14(17)19-11)9-4-2-5-10(15)8-9/h2,4-5,8H,3,6-7H2,1H3. The van der Waals surface area contributed by atoms with Gasteiger partial charge in [0.25, 0.3) is 0 Å². The maximum Gasteiger partial charge on any atom is 0.142 e. The lowest BCUT2D eigenvalue weighted by Gasteiger charge is -2.09. The van der Waals surface area contributed by atoms with Gasteiger partial charge in [0.05, 0.1) is 5.56 Å². The number of benzene rings is 1. The molecule has 2 aromatic rings. The number of ether oxygens (including phenoxy) is 1. The molecule has 0 amide bonds. The largest absolute Gasteiger partial charge is 0.385 e. The Morgan fingerprint density at radius 2 is 1.90 bits per heavy atom. The van der Waals surface area contributed by atoms with Crippen LogP contribution in [0.25, 0.3) is 11.1 Å². The smallest absolute Gasteiger partial charge is 0.142 e. The van der Waals surface area contributed by atoms with E-state index in [1.165, 1.54) is 0 Å². The Morgan fingerprint density at radius 3 is 2.50 bits per heavy atom. The summed E-state index contributed by atoms with van der Waals surface area (Å²) in [6, 6.07) is 7.71. The van der Waals surface area contributed by atoms with E-state index in [2.05, 4.69) is 25.9 Å². The van der Waals surface area contributed by atoms with E-state index in [1.54, 1.807) is 7.11 Å². The topological polar surface area (TPSA) is 35.0 Å². The highest BCUT2D eigenvalue weighted by Gasteiger charge is 2.13. The lowest BCUT2D eigenvalue weighted by atomic mass is 10.1. The molecule has 0 saturated carbocycles. The van der Waals surface area contributed by atoms with Crippen molar-refractivity contribution in [2.24, 2.45) is 0 Å². The number of hydrogen-bond acceptors (Lipinski definition) is 3. The van der Waals surface area contributed by atoms with Gasteiger partial charge in [-0.1, -0.05) is 51.3 Å². The zero-order valence-corrected chi connectivity index (χ0v) is 14.0. The maximum atomic E-state index is 6.25. The second-order valence-corrected chi connectivity index (χ2v) is 5.83. The molecule has 6 heteroatoms. The van der Waals surface area contributed by atoms with Crippen molar-refractivity contribution in [3.63, 3.8) is 0 Å². The summed E-state index contributed by atoms with van der Waals surface area (Å²) in [7, 11) is 1.66. The van der Waals surface area contributed by atoms with E-state index in [0.29, 0.717) is 34.7 Å². The SMILES string of the molecule is COCCCc1nc(Cl)c(-c2cccc(Br)c2)c(Cl)n1. The summed E-state index contributed by atoms with van der Waals surface area (Å²) in [5.41, 5.74) is 1.54.